The van der Waals surface area contributed by atoms with E-state index in [0.29, 0.717) is 5.92 Å². The molecule has 0 saturated carbocycles. The summed E-state index contributed by atoms with van der Waals surface area (Å²) in [5.74, 6) is 1.61. The van der Waals surface area contributed by atoms with Crippen LogP contribution in [-0.4, -0.2) is 31.1 Å². The van der Waals surface area contributed by atoms with Crippen molar-refractivity contribution in [3.8, 4) is 5.75 Å². The van der Waals surface area contributed by atoms with Crippen LogP contribution in [0.3, 0.4) is 0 Å². The van der Waals surface area contributed by atoms with Crippen LogP contribution in [0, 0.1) is 5.92 Å². The van der Waals surface area contributed by atoms with Crippen LogP contribution in [0.5, 0.6) is 5.75 Å². The van der Waals surface area contributed by atoms with Gasteiger partial charge in [-0.05, 0) is 74.5 Å². The number of hydrogen-bond acceptors (Lipinski definition) is 2. The second kappa shape index (κ2) is 9.27. The van der Waals surface area contributed by atoms with Gasteiger partial charge in [-0.3, -0.25) is 0 Å². The summed E-state index contributed by atoms with van der Waals surface area (Å²) in [6.07, 6.45) is -0.0808. The molecule has 2 nitrogen and oxygen atoms in total. The lowest BCUT2D eigenvalue weighted by molar-refractivity contribution is -0.137. The number of nitrogens with zero attached hydrogens (tertiary/aromatic N) is 1. The highest BCUT2D eigenvalue weighted by atomic mass is 19.4. The Morgan fingerprint density at radius 3 is 2.22 bits per heavy atom. The maximum atomic E-state index is 12.6. The van der Waals surface area contributed by atoms with Crippen LogP contribution >= 0.6 is 0 Å². The summed E-state index contributed by atoms with van der Waals surface area (Å²) in [5, 5.41) is 0. The SMILES string of the molecule is FC(F)(F)c1ccc(CCN2CCC(CCOc3ccccc3)CC2)cc1. The van der Waals surface area contributed by atoms with E-state index >= 15 is 0 Å². The fraction of sp³-hybridized carbons (Fsp3) is 0.455. The lowest BCUT2D eigenvalue weighted by atomic mass is 9.93. The van der Waals surface area contributed by atoms with E-state index < -0.39 is 11.7 Å². The van der Waals surface area contributed by atoms with Gasteiger partial charge in [0.15, 0.2) is 0 Å². The molecule has 0 aromatic heterocycles. The molecule has 0 spiro atoms. The van der Waals surface area contributed by atoms with Crippen molar-refractivity contribution in [2.24, 2.45) is 5.92 Å². The normalized spacial score (nSPS) is 16.4. The van der Waals surface area contributed by atoms with Crippen molar-refractivity contribution in [2.75, 3.05) is 26.2 Å². The van der Waals surface area contributed by atoms with E-state index in [4.69, 9.17) is 4.74 Å². The molecule has 0 radical (unpaired) electrons. The maximum absolute atomic E-state index is 12.6. The van der Waals surface area contributed by atoms with Crippen LogP contribution in [-0.2, 0) is 12.6 Å². The van der Waals surface area contributed by atoms with Gasteiger partial charge in [0, 0.05) is 6.54 Å². The van der Waals surface area contributed by atoms with Gasteiger partial charge in [0.25, 0.3) is 0 Å². The Hall–Kier alpha value is -2.01. The average Bonchev–Trinajstić information content (AvgIpc) is 2.68. The molecule has 0 aliphatic carbocycles. The summed E-state index contributed by atoms with van der Waals surface area (Å²) in [4.78, 5) is 2.41. The Morgan fingerprint density at radius 1 is 0.926 bits per heavy atom. The van der Waals surface area contributed by atoms with Gasteiger partial charge in [0.2, 0.25) is 0 Å². The number of alkyl halides is 3. The molecule has 1 aliphatic heterocycles. The summed E-state index contributed by atoms with van der Waals surface area (Å²) in [5.41, 5.74) is 0.381. The van der Waals surface area contributed by atoms with E-state index in [1.807, 2.05) is 30.3 Å². The van der Waals surface area contributed by atoms with Crippen molar-refractivity contribution in [3.05, 3.63) is 65.7 Å². The first-order valence-corrected chi connectivity index (χ1v) is 9.57. The first kappa shape index (κ1) is 19.7. The molecule has 0 amide bonds. The first-order valence-electron chi connectivity index (χ1n) is 9.57. The molecular weight excluding hydrogens is 351 g/mol. The Labute approximate surface area is 159 Å². The highest BCUT2D eigenvalue weighted by Crippen LogP contribution is 2.29. The minimum atomic E-state index is -4.26. The van der Waals surface area contributed by atoms with Crippen molar-refractivity contribution in [1.82, 2.24) is 4.90 Å². The molecular formula is C22H26F3NO. The van der Waals surface area contributed by atoms with Crippen LogP contribution in [0.15, 0.2) is 54.6 Å². The van der Waals surface area contributed by atoms with E-state index in [-0.39, 0.29) is 0 Å². The fourth-order valence-corrected chi connectivity index (χ4v) is 3.51. The summed E-state index contributed by atoms with van der Waals surface area (Å²) in [6.45, 7) is 3.76. The summed E-state index contributed by atoms with van der Waals surface area (Å²) < 4.78 is 43.6. The molecule has 0 atom stereocenters. The number of halogens is 3. The number of likely N-dealkylation sites (tertiary alicyclic amines) is 1. The Morgan fingerprint density at radius 2 is 1.59 bits per heavy atom. The van der Waals surface area contributed by atoms with Gasteiger partial charge in [-0.1, -0.05) is 30.3 Å². The number of hydrogen-bond donors (Lipinski definition) is 0. The molecule has 1 heterocycles. The molecule has 27 heavy (non-hydrogen) atoms. The molecule has 0 bridgehead atoms. The Kier molecular flexibility index (Phi) is 6.78. The maximum Gasteiger partial charge on any atom is 0.416 e. The van der Waals surface area contributed by atoms with Crippen molar-refractivity contribution >= 4 is 0 Å². The predicted molar refractivity (Wildman–Crippen MR) is 101 cm³/mol. The molecule has 3 rings (SSSR count). The molecule has 1 saturated heterocycles. The van der Waals surface area contributed by atoms with Crippen LogP contribution in [0.4, 0.5) is 13.2 Å². The van der Waals surface area contributed by atoms with Gasteiger partial charge >= 0.3 is 6.18 Å². The van der Waals surface area contributed by atoms with E-state index in [1.54, 1.807) is 12.1 Å². The number of rotatable bonds is 7. The molecule has 2 aromatic rings. The third-order valence-corrected chi connectivity index (χ3v) is 5.24. The predicted octanol–water partition coefficient (Wildman–Crippen LogP) is 5.43. The number of para-hydroxylation sites is 1. The second-order valence-electron chi connectivity index (χ2n) is 7.18. The zero-order chi connectivity index (χ0) is 19.1. The third-order valence-electron chi connectivity index (χ3n) is 5.24. The molecule has 1 fully saturated rings. The van der Waals surface area contributed by atoms with Gasteiger partial charge in [-0.15, -0.1) is 0 Å². The Bertz CT molecular complexity index is 677. The lowest BCUT2D eigenvalue weighted by Crippen LogP contribution is -2.35. The highest BCUT2D eigenvalue weighted by molar-refractivity contribution is 5.24. The molecule has 5 heteroatoms. The molecule has 0 unspecified atom stereocenters. The largest absolute Gasteiger partial charge is 0.494 e. The van der Waals surface area contributed by atoms with Crippen LogP contribution in [0.25, 0.3) is 0 Å². The van der Waals surface area contributed by atoms with Gasteiger partial charge < -0.3 is 9.64 Å². The van der Waals surface area contributed by atoms with Crippen LogP contribution in [0.1, 0.15) is 30.4 Å². The van der Waals surface area contributed by atoms with Gasteiger partial charge in [0.1, 0.15) is 5.75 Å². The fourth-order valence-electron chi connectivity index (χ4n) is 3.51. The van der Waals surface area contributed by atoms with E-state index in [0.717, 1.165) is 63.2 Å². The number of ether oxygens (including phenoxy) is 1. The topological polar surface area (TPSA) is 12.5 Å². The highest BCUT2D eigenvalue weighted by Gasteiger charge is 2.29. The summed E-state index contributed by atoms with van der Waals surface area (Å²) in [7, 11) is 0. The Balaban J connectivity index is 1.33. The summed E-state index contributed by atoms with van der Waals surface area (Å²) >= 11 is 0. The molecule has 2 aromatic carbocycles. The average molecular weight is 377 g/mol. The van der Waals surface area contributed by atoms with Gasteiger partial charge in [-0.25, -0.2) is 0 Å². The quantitative estimate of drug-likeness (QED) is 0.638. The number of benzene rings is 2. The molecule has 0 N–H and O–H groups in total. The first-order chi connectivity index (χ1) is 13.0. The zero-order valence-electron chi connectivity index (χ0n) is 15.4. The second-order valence-corrected chi connectivity index (χ2v) is 7.18. The van der Waals surface area contributed by atoms with Crippen molar-refractivity contribution in [3.63, 3.8) is 0 Å². The monoisotopic (exact) mass is 377 g/mol. The van der Waals surface area contributed by atoms with Crippen molar-refractivity contribution < 1.29 is 17.9 Å². The van der Waals surface area contributed by atoms with Gasteiger partial charge in [-0.2, -0.15) is 13.2 Å². The van der Waals surface area contributed by atoms with E-state index in [9.17, 15) is 13.2 Å². The number of piperidine rings is 1. The molecule has 146 valence electrons. The van der Waals surface area contributed by atoms with E-state index in [1.165, 1.54) is 12.1 Å². The minimum absolute atomic E-state index is 0.579. The van der Waals surface area contributed by atoms with Crippen LogP contribution < -0.4 is 4.74 Å². The van der Waals surface area contributed by atoms with Gasteiger partial charge in [0.05, 0.1) is 12.2 Å². The zero-order valence-corrected chi connectivity index (χ0v) is 15.4. The smallest absolute Gasteiger partial charge is 0.416 e. The van der Waals surface area contributed by atoms with E-state index in [2.05, 4.69) is 4.90 Å². The standard InChI is InChI=1S/C22H26F3NO/c23-22(24,25)20-8-6-18(7-9-20)10-14-26-15-11-19(12-16-26)13-17-27-21-4-2-1-3-5-21/h1-9,19H,10-17H2. The van der Waals surface area contributed by atoms with Crippen LogP contribution in [0.2, 0.25) is 0 Å². The minimum Gasteiger partial charge on any atom is -0.494 e. The van der Waals surface area contributed by atoms with Crippen molar-refractivity contribution in [2.45, 2.75) is 31.9 Å². The summed E-state index contributed by atoms with van der Waals surface area (Å²) in [6, 6.07) is 15.4. The van der Waals surface area contributed by atoms with Crippen molar-refractivity contribution in [1.29, 1.82) is 0 Å². The third kappa shape index (κ3) is 6.28. The lowest BCUT2D eigenvalue weighted by Gasteiger charge is -2.32. The molecule has 1 aliphatic rings.